The lowest BCUT2D eigenvalue weighted by Gasteiger charge is -2.17. The molecule has 0 radical (unpaired) electrons. The van der Waals surface area contributed by atoms with Gasteiger partial charge in [-0.25, -0.2) is 4.79 Å². The minimum atomic E-state index is -0.281. The summed E-state index contributed by atoms with van der Waals surface area (Å²) in [5.41, 5.74) is 2.61. The Bertz CT molecular complexity index is 602. The number of pyridine rings is 1. The largest absolute Gasteiger partial charge is 0.288 e. The average Bonchev–Trinajstić information content (AvgIpc) is 2.35. The number of hydrogen-bond donors (Lipinski definition) is 0. The van der Waals surface area contributed by atoms with Crippen molar-refractivity contribution >= 4 is 22.9 Å². The molecule has 84 valence electrons. The van der Waals surface area contributed by atoms with Crippen molar-refractivity contribution in [2.75, 3.05) is 0 Å². The number of hydrogen-bond acceptors (Lipinski definition) is 3. The summed E-state index contributed by atoms with van der Waals surface area (Å²) in [6.07, 6.45) is 5.12. The van der Waals surface area contributed by atoms with E-state index in [4.69, 9.17) is 0 Å². The fraction of sp³-hybridized carbons (Fsp3) is 0.143. The van der Waals surface area contributed by atoms with E-state index in [1.165, 1.54) is 0 Å². The van der Waals surface area contributed by atoms with E-state index >= 15 is 0 Å². The van der Waals surface area contributed by atoms with Crippen LogP contribution in [0.4, 0.5) is 0 Å². The SMILES string of the molecule is C/C=C\C1=C(C)c2ncccc2C(=C=O)C1=O. The van der Waals surface area contributed by atoms with Gasteiger partial charge in [-0.3, -0.25) is 9.78 Å². The van der Waals surface area contributed by atoms with E-state index in [2.05, 4.69) is 4.98 Å². The molecule has 0 unspecified atom stereocenters. The molecule has 1 aromatic rings. The lowest BCUT2D eigenvalue weighted by atomic mass is 9.85. The normalized spacial score (nSPS) is 15.2. The first-order valence-corrected chi connectivity index (χ1v) is 5.29. The fourth-order valence-electron chi connectivity index (χ4n) is 1.93. The highest BCUT2D eigenvalue weighted by atomic mass is 16.1. The second-order valence-corrected chi connectivity index (χ2v) is 3.74. The Hall–Kier alpha value is -2.25. The summed E-state index contributed by atoms with van der Waals surface area (Å²) >= 11 is 0. The van der Waals surface area contributed by atoms with Gasteiger partial charge in [0, 0.05) is 17.3 Å². The molecule has 0 amide bonds. The third-order valence-electron chi connectivity index (χ3n) is 2.74. The number of allylic oxidation sites excluding steroid dienone is 5. The summed E-state index contributed by atoms with van der Waals surface area (Å²) in [6, 6.07) is 3.42. The maximum absolute atomic E-state index is 12.1. The van der Waals surface area contributed by atoms with Crippen LogP contribution >= 0.6 is 0 Å². The molecular weight excluding hydrogens is 214 g/mol. The first kappa shape index (κ1) is 11.2. The second-order valence-electron chi connectivity index (χ2n) is 3.74. The first-order chi connectivity index (χ1) is 8.20. The van der Waals surface area contributed by atoms with Gasteiger partial charge in [-0.05, 0) is 31.6 Å². The van der Waals surface area contributed by atoms with E-state index in [9.17, 15) is 9.59 Å². The molecule has 0 N–H and O–H groups in total. The van der Waals surface area contributed by atoms with Crippen molar-refractivity contribution in [3.63, 3.8) is 0 Å². The van der Waals surface area contributed by atoms with Crippen LogP contribution in [-0.2, 0) is 9.59 Å². The molecule has 1 heterocycles. The number of fused-ring (bicyclic) bond motifs is 1. The summed E-state index contributed by atoms with van der Waals surface area (Å²) in [4.78, 5) is 27.2. The predicted octanol–water partition coefficient (Wildman–Crippen LogP) is 2.23. The smallest absolute Gasteiger partial charge is 0.205 e. The van der Waals surface area contributed by atoms with Gasteiger partial charge in [-0.2, -0.15) is 0 Å². The molecule has 1 aliphatic carbocycles. The van der Waals surface area contributed by atoms with Crippen LogP contribution in [-0.4, -0.2) is 16.7 Å². The predicted molar refractivity (Wildman–Crippen MR) is 65.8 cm³/mol. The number of carbonyl (C=O) groups is 1. The molecule has 17 heavy (non-hydrogen) atoms. The maximum Gasteiger partial charge on any atom is 0.205 e. The minimum Gasteiger partial charge on any atom is -0.288 e. The van der Waals surface area contributed by atoms with Crippen molar-refractivity contribution in [3.05, 3.63) is 47.3 Å². The average molecular weight is 225 g/mol. The third kappa shape index (κ3) is 1.67. The van der Waals surface area contributed by atoms with Gasteiger partial charge in [-0.15, -0.1) is 0 Å². The van der Waals surface area contributed by atoms with Crippen molar-refractivity contribution < 1.29 is 9.59 Å². The molecule has 0 saturated carbocycles. The van der Waals surface area contributed by atoms with E-state index in [0.29, 0.717) is 16.8 Å². The van der Waals surface area contributed by atoms with Gasteiger partial charge >= 0.3 is 0 Å². The van der Waals surface area contributed by atoms with Gasteiger partial charge < -0.3 is 0 Å². The van der Waals surface area contributed by atoms with Crippen LogP contribution in [0.15, 0.2) is 36.1 Å². The Morgan fingerprint density at radius 1 is 1.41 bits per heavy atom. The van der Waals surface area contributed by atoms with Gasteiger partial charge in [0.15, 0.2) is 0 Å². The van der Waals surface area contributed by atoms with E-state index < -0.39 is 0 Å². The molecule has 0 aromatic carbocycles. The van der Waals surface area contributed by atoms with E-state index in [1.54, 1.807) is 36.4 Å². The second kappa shape index (κ2) is 4.32. The summed E-state index contributed by atoms with van der Waals surface area (Å²) in [6.45, 7) is 3.66. The number of nitrogens with zero attached hydrogens (tertiary/aromatic N) is 1. The van der Waals surface area contributed by atoms with Crippen molar-refractivity contribution in [2.45, 2.75) is 13.8 Å². The van der Waals surface area contributed by atoms with Gasteiger partial charge in [0.05, 0.1) is 5.69 Å². The number of aromatic nitrogens is 1. The zero-order valence-corrected chi connectivity index (χ0v) is 9.65. The summed E-state index contributed by atoms with van der Waals surface area (Å²) in [5, 5.41) is 0. The maximum atomic E-state index is 12.1. The summed E-state index contributed by atoms with van der Waals surface area (Å²) in [7, 11) is 0. The Kier molecular flexibility index (Phi) is 2.86. The molecule has 0 spiro atoms. The van der Waals surface area contributed by atoms with Crippen LogP contribution in [0.2, 0.25) is 0 Å². The van der Waals surface area contributed by atoms with Crippen LogP contribution < -0.4 is 0 Å². The topological polar surface area (TPSA) is 47.0 Å². The zero-order chi connectivity index (χ0) is 12.4. The number of carbonyl (C=O) groups excluding carboxylic acids is 2. The molecule has 0 fully saturated rings. The number of rotatable bonds is 1. The molecule has 3 heteroatoms. The van der Waals surface area contributed by atoms with Crippen LogP contribution in [0.25, 0.3) is 11.1 Å². The van der Waals surface area contributed by atoms with Crippen LogP contribution in [0.5, 0.6) is 0 Å². The molecular formula is C14H11NO2. The van der Waals surface area contributed by atoms with Crippen molar-refractivity contribution in [1.29, 1.82) is 0 Å². The Morgan fingerprint density at radius 3 is 2.82 bits per heavy atom. The lowest BCUT2D eigenvalue weighted by Crippen LogP contribution is -2.14. The Labute approximate surface area is 99.2 Å². The van der Waals surface area contributed by atoms with Gasteiger partial charge in [0.2, 0.25) is 5.78 Å². The standard InChI is InChI=1S/C14H11NO2/c1-3-5-10-9(2)13-11(6-4-7-15-13)12(8-16)14(10)17/h3-7H,1-2H3/b5-3-. The molecule has 1 aromatic heterocycles. The Balaban J connectivity index is 2.81. The first-order valence-electron chi connectivity index (χ1n) is 5.29. The lowest BCUT2D eigenvalue weighted by molar-refractivity contribution is -0.110. The zero-order valence-electron chi connectivity index (χ0n) is 9.65. The van der Waals surface area contributed by atoms with E-state index in [-0.39, 0.29) is 11.4 Å². The third-order valence-corrected chi connectivity index (χ3v) is 2.74. The van der Waals surface area contributed by atoms with E-state index in [0.717, 1.165) is 5.57 Å². The monoisotopic (exact) mass is 225 g/mol. The molecule has 0 saturated heterocycles. The van der Waals surface area contributed by atoms with Gasteiger partial charge in [0.25, 0.3) is 0 Å². The van der Waals surface area contributed by atoms with Crippen LogP contribution in [0.3, 0.4) is 0 Å². The van der Waals surface area contributed by atoms with Crippen molar-refractivity contribution in [3.8, 4) is 0 Å². The van der Waals surface area contributed by atoms with Crippen LogP contribution in [0.1, 0.15) is 25.1 Å². The summed E-state index contributed by atoms with van der Waals surface area (Å²) < 4.78 is 0. The molecule has 1 aliphatic rings. The molecule has 0 aliphatic heterocycles. The minimum absolute atomic E-state index is 0.0619. The van der Waals surface area contributed by atoms with Crippen molar-refractivity contribution in [2.24, 2.45) is 0 Å². The van der Waals surface area contributed by atoms with Crippen molar-refractivity contribution in [1.82, 2.24) is 4.98 Å². The highest BCUT2D eigenvalue weighted by Gasteiger charge is 2.27. The number of ketones is 1. The fourth-order valence-corrected chi connectivity index (χ4v) is 1.93. The quantitative estimate of drug-likeness (QED) is 0.544. The Morgan fingerprint density at radius 2 is 2.18 bits per heavy atom. The molecule has 3 nitrogen and oxygen atoms in total. The van der Waals surface area contributed by atoms with Gasteiger partial charge in [-0.1, -0.05) is 12.2 Å². The summed E-state index contributed by atoms with van der Waals surface area (Å²) in [5.74, 6) is 1.45. The molecule has 0 bridgehead atoms. The van der Waals surface area contributed by atoms with Crippen LogP contribution in [0, 0.1) is 0 Å². The van der Waals surface area contributed by atoms with Gasteiger partial charge in [0.1, 0.15) is 11.5 Å². The highest BCUT2D eigenvalue weighted by Crippen LogP contribution is 2.33. The van der Waals surface area contributed by atoms with E-state index in [1.807, 2.05) is 13.8 Å². The highest BCUT2D eigenvalue weighted by molar-refractivity contribution is 6.39. The molecule has 0 atom stereocenters. The number of Topliss-reactive ketones (excluding diaryl/α,β-unsaturated/α-hetero) is 1. The molecule has 2 rings (SSSR count).